The van der Waals surface area contributed by atoms with E-state index in [0.29, 0.717) is 0 Å². The van der Waals surface area contributed by atoms with Crippen LogP contribution in [-0.2, 0) is 5.41 Å². The van der Waals surface area contributed by atoms with Gasteiger partial charge in [0, 0.05) is 17.7 Å². The molecule has 3 nitrogen and oxygen atoms in total. The van der Waals surface area contributed by atoms with Gasteiger partial charge in [0.25, 0.3) is 0 Å². The van der Waals surface area contributed by atoms with Gasteiger partial charge in [0.05, 0.1) is 21.2 Å². The molecule has 0 amide bonds. The molecule has 2 heterocycles. The van der Waals surface area contributed by atoms with Crippen molar-refractivity contribution in [2.45, 2.75) is 26.2 Å². The molecular formula is C27H25N2OS+. The van der Waals surface area contributed by atoms with Crippen molar-refractivity contribution in [2.75, 3.05) is 6.54 Å². The fraction of sp³-hybridized carbons (Fsp3) is 0.185. The van der Waals surface area contributed by atoms with Gasteiger partial charge in [-0.1, -0.05) is 36.4 Å². The van der Waals surface area contributed by atoms with Crippen molar-refractivity contribution in [2.24, 2.45) is 0 Å². The van der Waals surface area contributed by atoms with Crippen LogP contribution in [-0.4, -0.2) is 26.9 Å². The number of hydrogen-bond acceptors (Lipinski definition) is 3. The molecule has 1 N–H and O–H groups in total. The van der Waals surface area contributed by atoms with Crippen molar-refractivity contribution in [3.8, 4) is 16.3 Å². The summed E-state index contributed by atoms with van der Waals surface area (Å²) >= 11 is 1.60. The van der Waals surface area contributed by atoms with Gasteiger partial charge in [0.15, 0.2) is 5.71 Å². The maximum Gasteiger partial charge on any atom is 0.209 e. The number of fused-ring (bicyclic) bond motifs is 2. The standard InChI is InChI=1S/C27H24N2OS/c1-4-29-22-11-7-5-9-20(22)27(2,3)25(29)16-14-18-13-15-19(23(30)17-18)26-28-21-10-6-8-12-24(21)31-26/h5-17H,4H2,1-3H3/p+1/b16-14+. The van der Waals surface area contributed by atoms with Crippen LogP contribution in [0.1, 0.15) is 31.9 Å². The molecule has 0 atom stereocenters. The van der Waals surface area contributed by atoms with Gasteiger partial charge in [0.1, 0.15) is 17.3 Å². The Morgan fingerprint density at radius 3 is 2.55 bits per heavy atom. The summed E-state index contributed by atoms with van der Waals surface area (Å²) in [4.78, 5) is 4.68. The second-order valence-corrected chi connectivity index (χ2v) is 9.40. The number of benzene rings is 3. The highest BCUT2D eigenvalue weighted by molar-refractivity contribution is 7.21. The lowest BCUT2D eigenvalue weighted by atomic mass is 9.81. The first-order valence-electron chi connectivity index (χ1n) is 10.6. The van der Waals surface area contributed by atoms with Crippen molar-refractivity contribution in [3.63, 3.8) is 0 Å². The van der Waals surface area contributed by atoms with Crippen molar-refractivity contribution in [1.29, 1.82) is 0 Å². The molecule has 5 rings (SSSR count). The molecule has 154 valence electrons. The van der Waals surface area contributed by atoms with Crippen LogP contribution in [0.4, 0.5) is 5.69 Å². The molecule has 0 saturated carbocycles. The molecule has 0 radical (unpaired) electrons. The lowest BCUT2D eigenvalue weighted by Gasteiger charge is -2.15. The average molecular weight is 426 g/mol. The monoisotopic (exact) mass is 425 g/mol. The van der Waals surface area contributed by atoms with Crippen LogP contribution in [0, 0.1) is 0 Å². The average Bonchev–Trinajstić information content (AvgIpc) is 3.29. The Morgan fingerprint density at radius 1 is 1.00 bits per heavy atom. The van der Waals surface area contributed by atoms with Crippen LogP contribution in [0.15, 0.2) is 72.8 Å². The summed E-state index contributed by atoms with van der Waals surface area (Å²) in [6.07, 6.45) is 4.28. The first-order chi connectivity index (χ1) is 15.0. The molecule has 0 fully saturated rings. The fourth-order valence-corrected chi connectivity index (χ4v) is 5.48. The lowest BCUT2D eigenvalue weighted by Crippen LogP contribution is -2.27. The maximum absolute atomic E-state index is 10.7. The summed E-state index contributed by atoms with van der Waals surface area (Å²) in [7, 11) is 0. The van der Waals surface area contributed by atoms with Gasteiger partial charge in [0.2, 0.25) is 5.69 Å². The van der Waals surface area contributed by atoms with E-state index < -0.39 is 0 Å². The highest BCUT2D eigenvalue weighted by Crippen LogP contribution is 2.40. The molecule has 1 aromatic heterocycles. The van der Waals surface area contributed by atoms with Gasteiger partial charge in [-0.25, -0.2) is 4.98 Å². The Hall–Kier alpha value is -3.24. The Kier molecular flexibility index (Phi) is 4.75. The highest BCUT2D eigenvalue weighted by atomic mass is 32.1. The zero-order chi connectivity index (χ0) is 21.6. The Labute approximate surface area is 186 Å². The summed E-state index contributed by atoms with van der Waals surface area (Å²) in [6.45, 7) is 7.65. The number of rotatable bonds is 4. The first kappa shape index (κ1) is 19.7. The molecule has 4 heteroatoms. The largest absolute Gasteiger partial charge is 0.507 e. The number of hydrogen-bond donors (Lipinski definition) is 1. The molecular weight excluding hydrogens is 400 g/mol. The summed E-state index contributed by atoms with van der Waals surface area (Å²) in [6, 6.07) is 22.5. The van der Waals surface area contributed by atoms with E-state index in [1.54, 1.807) is 11.3 Å². The molecule has 1 aliphatic rings. The van der Waals surface area contributed by atoms with E-state index in [1.807, 2.05) is 36.4 Å². The Bertz CT molecular complexity index is 1330. The van der Waals surface area contributed by atoms with E-state index in [9.17, 15) is 5.11 Å². The van der Waals surface area contributed by atoms with Crippen molar-refractivity contribution in [1.82, 2.24) is 4.98 Å². The molecule has 0 unspecified atom stereocenters. The smallest absolute Gasteiger partial charge is 0.209 e. The van der Waals surface area contributed by atoms with Gasteiger partial charge in [-0.15, -0.1) is 11.3 Å². The molecule has 0 saturated heterocycles. The lowest BCUT2D eigenvalue weighted by molar-refractivity contribution is -0.433. The minimum absolute atomic E-state index is 0.0634. The normalized spacial score (nSPS) is 15.2. The van der Waals surface area contributed by atoms with E-state index in [0.717, 1.165) is 32.9 Å². The topological polar surface area (TPSA) is 36.1 Å². The number of phenols is 1. The zero-order valence-corrected chi connectivity index (χ0v) is 18.8. The number of aromatic hydroxyl groups is 1. The molecule has 0 spiro atoms. The fourth-order valence-electron chi connectivity index (χ4n) is 4.48. The minimum Gasteiger partial charge on any atom is -0.507 e. The van der Waals surface area contributed by atoms with E-state index in [1.165, 1.54) is 17.0 Å². The summed E-state index contributed by atoms with van der Waals surface area (Å²) in [5.41, 5.74) is 6.55. The summed E-state index contributed by atoms with van der Waals surface area (Å²) in [5.74, 6) is 0.257. The third-order valence-corrected chi connectivity index (χ3v) is 7.16. The molecule has 0 bridgehead atoms. The second-order valence-electron chi connectivity index (χ2n) is 8.37. The summed E-state index contributed by atoms with van der Waals surface area (Å²) in [5, 5.41) is 11.6. The molecule has 31 heavy (non-hydrogen) atoms. The van der Waals surface area contributed by atoms with Crippen LogP contribution in [0.2, 0.25) is 0 Å². The SMILES string of the molecule is CC[N+]1=C(/C=C/c2ccc(-c3nc4ccccc4s3)c(O)c2)C(C)(C)c2ccccc21. The Morgan fingerprint density at radius 2 is 1.77 bits per heavy atom. The van der Waals surface area contributed by atoms with Gasteiger partial charge in [-0.3, -0.25) is 0 Å². The molecule has 4 aromatic rings. The number of allylic oxidation sites excluding steroid dienone is 1. The third-order valence-electron chi connectivity index (χ3n) is 6.10. The summed E-state index contributed by atoms with van der Waals surface area (Å²) < 4.78 is 3.50. The zero-order valence-electron chi connectivity index (χ0n) is 18.0. The van der Waals surface area contributed by atoms with Crippen LogP contribution >= 0.6 is 11.3 Å². The maximum atomic E-state index is 10.7. The first-order valence-corrected chi connectivity index (χ1v) is 11.4. The third kappa shape index (κ3) is 3.28. The van der Waals surface area contributed by atoms with Crippen LogP contribution in [0.3, 0.4) is 0 Å². The van der Waals surface area contributed by atoms with Gasteiger partial charge >= 0.3 is 0 Å². The number of para-hydroxylation sites is 2. The Balaban J connectivity index is 1.49. The van der Waals surface area contributed by atoms with E-state index in [2.05, 4.69) is 72.8 Å². The van der Waals surface area contributed by atoms with E-state index in [-0.39, 0.29) is 11.2 Å². The van der Waals surface area contributed by atoms with Crippen molar-refractivity contribution >= 4 is 39.0 Å². The molecule has 3 aromatic carbocycles. The van der Waals surface area contributed by atoms with Gasteiger partial charge in [-0.2, -0.15) is 4.58 Å². The highest BCUT2D eigenvalue weighted by Gasteiger charge is 2.43. The predicted molar refractivity (Wildman–Crippen MR) is 131 cm³/mol. The number of phenolic OH excluding ortho intramolecular Hbond substituents is 1. The van der Waals surface area contributed by atoms with Gasteiger partial charge in [-0.05, 0) is 56.7 Å². The van der Waals surface area contributed by atoms with Crippen molar-refractivity contribution < 1.29 is 9.68 Å². The van der Waals surface area contributed by atoms with Crippen LogP contribution < -0.4 is 0 Å². The quantitative estimate of drug-likeness (QED) is 0.366. The van der Waals surface area contributed by atoms with Crippen LogP contribution in [0.25, 0.3) is 26.9 Å². The number of thiazole rings is 1. The van der Waals surface area contributed by atoms with Gasteiger partial charge < -0.3 is 5.11 Å². The predicted octanol–water partition coefficient (Wildman–Crippen LogP) is 6.78. The van der Waals surface area contributed by atoms with E-state index in [4.69, 9.17) is 0 Å². The minimum atomic E-state index is -0.0634. The second kappa shape index (κ2) is 7.47. The number of aromatic nitrogens is 1. The molecule has 1 aliphatic heterocycles. The van der Waals surface area contributed by atoms with E-state index >= 15 is 0 Å². The van der Waals surface area contributed by atoms with Crippen molar-refractivity contribution in [3.05, 3.63) is 83.9 Å². The number of nitrogens with zero attached hydrogens (tertiary/aromatic N) is 2. The van der Waals surface area contributed by atoms with Crippen LogP contribution in [0.5, 0.6) is 5.75 Å². The molecule has 0 aliphatic carbocycles.